The molecule has 0 aliphatic rings. The van der Waals surface area contributed by atoms with Gasteiger partial charge >= 0.3 is 0 Å². The highest BCUT2D eigenvalue weighted by Crippen LogP contribution is 2.46. The molecule has 7 nitrogen and oxygen atoms in total. The van der Waals surface area contributed by atoms with Crippen molar-refractivity contribution in [2.45, 2.75) is 209 Å². The van der Waals surface area contributed by atoms with Crippen molar-refractivity contribution >= 4 is 43.6 Å². The molecule has 4 aromatic heterocycles. The summed E-state index contributed by atoms with van der Waals surface area (Å²) >= 11 is 0. The zero-order valence-electron chi connectivity index (χ0n) is 64.0. The molecule has 13 aromatic rings. The van der Waals surface area contributed by atoms with Crippen LogP contribution in [0.5, 0.6) is 0 Å². The first-order chi connectivity index (χ1) is 46.6. The fourth-order valence-corrected chi connectivity index (χ4v) is 13.8. The Morgan fingerprint density at radius 1 is 0.220 bits per heavy atom. The number of aromatic nitrogens is 7. The van der Waals surface area contributed by atoms with Gasteiger partial charge in [-0.15, -0.1) is 0 Å². The van der Waals surface area contributed by atoms with Gasteiger partial charge in [-0.3, -0.25) is 0 Å². The van der Waals surface area contributed by atoms with E-state index in [2.05, 4.69) is 363 Å². The van der Waals surface area contributed by atoms with E-state index in [1.165, 1.54) is 55.3 Å². The Morgan fingerprint density at radius 2 is 0.540 bits per heavy atom. The summed E-state index contributed by atoms with van der Waals surface area (Å²) in [5.41, 5.74) is 22.4. The molecule has 0 amide bonds. The molecule has 0 radical (unpaired) electrons. The maximum Gasteiger partial charge on any atom is 0.166 e. The average molecular weight is 1320 g/mol. The molecule has 0 aliphatic carbocycles. The minimum absolute atomic E-state index is 0.133. The molecular formula is C93H103N7. The van der Waals surface area contributed by atoms with E-state index in [0.29, 0.717) is 23.3 Å². The van der Waals surface area contributed by atoms with Crippen LogP contribution in [-0.4, -0.2) is 34.1 Å². The molecule has 0 atom stereocenters. The third kappa shape index (κ3) is 13.4. The van der Waals surface area contributed by atoms with E-state index >= 15 is 0 Å². The molecule has 0 bridgehead atoms. The number of para-hydroxylation sites is 3. The first kappa shape index (κ1) is 69.2. The third-order valence-corrected chi connectivity index (χ3v) is 20.3. The Balaban J connectivity index is 1.19. The Bertz CT molecular complexity index is 5040. The Hall–Kier alpha value is -9.33. The van der Waals surface area contributed by atoms with Crippen LogP contribution in [0.15, 0.2) is 188 Å². The topological polar surface area (TPSA) is 74.3 Å². The van der Waals surface area contributed by atoms with Crippen LogP contribution in [0, 0.1) is 0 Å². The number of hydrogen-bond donors (Lipinski definition) is 0. The standard InChI is InChI=1S/C93H103N7/c1-86(2,3)61-40-57(41-62(49-61)87(4,5)6)75-54-76(58-42-63(88(7,8)9)50-64(43-58)89(10,11)12)95-82(94-75)56-38-39-79(100-78-37-31-29-35-71(78)73-53-72-70-34-28-30-36-77(70)99(80(72)55-81(73)100)69-32-26-25-27-33-69)74(48-56)85-97-83(59-44-65(90(13,14)15)51-66(45-59)91(16,17)18)96-84(98-85)60-46-67(92(19,20)21)52-68(47-60)93(22,23)24/h25-55H,1-24H3. The maximum atomic E-state index is 5.87. The minimum atomic E-state index is -0.175. The van der Waals surface area contributed by atoms with Crippen molar-refractivity contribution in [3.63, 3.8) is 0 Å². The van der Waals surface area contributed by atoms with Gasteiger partial charge in [0.2, 0.25) is 0 Å². The molecule has 0 unspecified atom stereocenters. The lowest BCUT2D eigenvalue weighted by atomic mass is 9.79. The second-order valence-corrected chi connectivity index (χ2v) is 36.6. The van der Waals surface area contributed by atoms with Crippen LogP contribution < -0.4 is 0 Å². The molecule has 9 aromatic carbocycles. The molecule has 100 heavy (non-hydrogen) atoms. The van der Waals surface area contributed by atoms with Crippen molar-refractivity contribution in [3.05, 3.63) is 233 Å². The summed E-state index contributed by atoms with van der Waals surface area (Å²) in [4.78, 5) is 29.0. The largest absolute Gasteiger partial charge is 0.309 e. The van der Waals surface area contributed by atoms with Crippen molar-refractivity contribution in [2.24, 2.45) is 0 Å². The van der Waals surface area contributed by atoms with Crippen LogP contribution in [0.1, 0.15) is 211 Å². The van der Waals surface area contributed by atoms with Crippen LogP contribution in [0.2, 0.25) is 0 Å². The van der Waals surface area contributed by atoms with Gasteiger partial charge in [0.05, 0.1) is 39.1 Å². The summed E-state index contributed by atoms with van der Waals surface area (Å²) < 4.78 is 4.87. The summed E-state index contributed by atoms with van der Waals surface area (Å²) in [7, 11) is 0. The first-order valence-electron chi connectivity index (χ1n) is 36.0. The van der Waals surface area contributed by atoms with E-state index in [9.17, 15) is 0 Å². The van der Waals surface area contributed by atoms with E-state index in [-0.39, 0.29) is 43.3 Å². The van der Waals surface area contributed by atoms with Crippen LogP contribution in [0.4, 0.5) is 0 Å². The Labute approximate surface area is 595 Å². The molecule has 0 fully saturated rings. The molecule has 510 valence electrons. The van der Waals surface area contributed by atoms with Gasteiger partial charge in [-0.25, -0.2) is 24.9 Å². The van der Waals surface area contributed by atoms with Crippen molar-refractivity contribution in [1.29, 1.82) is 0 Å². The minimum Gasteiger partial charge on any atom is -0.309 e. The van der Waals surface area contributed by atoms with Crippen LogP contribution >= 0.6 is 0 Å². The third-order valence-electron chi connectivity index (χ3n) is 20.3. The molecule has 0 N–H and O–H groups in total. The van der Waals surface area contributed by atoms with Gasteiger partial charge in [0.25, 0.3) is 0 Å². The van der Waals surface area contributed by atoms with Gasteiger partial charge in [-0.2, -0.15) is 0 Å². The second kappa shape index (κ2) is 24.2. The van der Waals surface area contributed by atoms with Gasteiger partial charge in [-0.1, -0.05) is 245 Å². The van der Waals surface area contributed by atoms with Gasteiger partial charge < -0.3 is 9.13 Å². The normalized spacial score (nSPS) is 13.2. The number of nitrogens with zero attached hydrogens (tertiary/aromatic N) is 7. The van der Waals surface area contributed by atoms with E-state index in [4.69, 9.17) is 24.9 Å². The highest BCUT2D eigenvalue weighted by Gasteiger charge is 2.30. The highest BCUT2D eigenvalue weighted by atomic mass is 15.1. The fraction of sp³-hybridized carbons (Fsp3) is 0.344. The molecule has 0 saturated heterocycles. The smallest absolute Gasteiger partial charge is 0.166 e. The SMILES string of the molecule is CC(C)(C)c1cc(-c2cc(-c3cc(C(C)(C)C)cc(C(C)(C)C)c3)nc(-c3ccc(-n4c5ccccc5c5cc6c7ccccc7n(-c7ccccc7)c6cc54)c(-c4nc(-c5cc(C(C)(C)C)cc(C(C)(C)C)c5)nc(-c5cc(C(C)(C)C)cc(C(C)(C)C)c5)n4)c3)n2)cc(C(C)(C)C)c1. The molecular weight excluding hydrogens is 1220 g/mol. The van der Waals surface area contributed by atoms with Gasteiger partial charge in [0.1, 0.15) is 0 Å². The van der Waals surface area contributed by atoms with E-state index in [1.807, 2.05) is 0 Å². The van der Waals surface area contributed by atoms with E-state index in [1.54, 1.807) is 0 Å². The number of fused-ring (bicyclic) bond motifs is 6. The number of hydrogen-bond acceptors (Lipinski definition) is 5. The zero-order chi connectivity index (χ0) is 71.9. The molecule has 4 heterocycles. The summed E-state index contributed by atoms with van der Waals surface area (Å²) in [5.74, 6) is 2.34. The Kier molecular flexibility index (Phi) is 16.7. The van der Waals surface area contributed by atoms with Crippen LogP contribution in [-0.2, 0) is 43.3 Å². The molecule has 13 rings (SSSR count). The van der Waals surface area contributed by atoms with Crippen molar-refractivity contribution in [3.8, 4) is 79.4 Å². The molecule has 0 spiro atoms. The molecule has 7 heteroatoms. The van der Waals surface area contributed by atoms with Crippen LogP contribution in [0.3, 0.4) is 0 Å². The van der Waals surface area contributed by atoms with Gasteiger partial charge in [0.15, 0.2) is 23.3 Å². The Morgan fingerprint density at radius 3 is 0.920 bits per heavy atom. The second-order valence-electron chi connectivity index (χ2n) is 36.6. The van der Waals surface area contributed by atoms with E-state index in [0.717, 1.165) is 89.0 Å². The lowest BCUT2D eigenvalue weighted by Crippen LogP contribution is -2.17. The summed E-state index contributed by atoms with van der Waals surface area (Å²) in [6, 6.07) is 70.5. The number of benzene rings is 9. The van der Waals surface area contributed by atoms with Gasteiger partial charge in [0, 0.05) is 60.6 Å². The zero-order valence-corrected chi connectivity index (χ0v) is 64.0. The van der Waals surface area contributed by atoms with Crippen molar-refractivity contribution in [1.82, 2.24) is 34.1 Å². The van der Waals surface area contributed by atoms with Crippen molar-refractivity contribution < 1.29 is 0 Å². The first-order valence-corrected chi connectivity index (χ1v) is 36.0. The summed E-state index contributed by atoms with van der Waals surface area (Å²) in [5, 5.41) is 4.68. The molecule has 0 aliphatic heterocycles. The lowest BCUT2D eigenvalue weighted by Gasteiger charge is -2.27. The predicted molar refractivity (Wildman–Crippen MR) is 426 cm³/mol. The quantitative estimate of drug-likeness (QED) is 0.152. The summed E-state index contributed by atoms with van der Waals surface area (Å²) in [6.07, 6.45) is 0. The van der Waals surface area contributed by atoms with Crippen LogP contribution in [0.25, 0.3) is 123 Å². The monoisotopic (exact) mass is 1320 g/mol. The average Bonchev–Trinajstić information content (AvgIpc) is 1.54. The van der Waals surface area contributed by atoms with Gasteiger partial charge in [-0.05, 0) is 197 Å². The van der Waals surface area contributed by atoms with Crippen molar-refractivity contribution in [2.75, 3.05) is 0 Å². The fourth-order valence-electron chi connectivity index (χ4n) is 13.8. The maximum absolute atomic E-state index is 5.87. The highest BCUT2D eigenvalue weighted by molar-refractivity contribution is 6.19. The lowest BCUT2D eigenvalue weighted by molar-refractivity contribution is 0.568. The number of rotatable bonds is 8. The van der Waals surface area contributed by atoms with E-state index < -0.39 is 0 Å². The molecule has 0 saturated carbocycles. The predicted octanol–water partition coefficient (Wildman–Crippen LogP) is 25.2. The summed E-state index contributed by atoms with van der Waals surface area (Å²) in [6.45, 7) is 55.2.